The van der Waals surface area contributed by atoms with Crippen molar-refractivity contribution in [3.63, 3.8) is 0 Å². The van der Waals surface area contributed by atoms with E-state index < -0.39 is 0 Å². The topological polar surface area (TPSA) is 72.1 Å². The molecule has 0 radical (unpaired) electrons. The molecular formula is C19H28IN7. The molecule has 0 saturated carbocycles. The average molecular weight is 481 g/mol. The fourth-order valence-corrected chi connectivity index (χ4v) is 2.95. The van der Waals surface area contributed by atoms with Gasteiger partial charge < -0.3 is 19.8 Å². The number of halogens is 1. The molecule has 8 heteroatoms. The SMILES string of the molecule is CCNC(=NCc1nncn1CC)NCCCn1ccc2ccccc21.I. The highest BCUT2D eigenvalue weighted by atomic mass is 127. The molecule has 2 heterocycles. The van der Waals surface area contributed by atoms with Crippen LogP contribution in [0.25, 0.3) is 10.9 Å². The van der Waals surface area contributed by atoms with E-state index in [0.29, 0.717) is 6.54 Å². The lowest BCUT2D eigenvalue weighted by Crippen LogP contribution is -2.38. The predicted molar refractivity (Wildman–Crippen MR) is 120 cm³/mol. The first kappa shape index (κ1) is 21.2. The van der Waals surface area contributed by atoms with E-state index in [4.69, 9.17) is 0 Å². The molecule has 0 atom stereocenters. The van der Waals surface area contributed by atoms with Crippen molar-refractivity contribution in [2.75, 3.05) is 13.1 Å². The summed E-state index contributed by atoms with van der Waals surface area (Å²) in [4.78, 5) is 4.61. The Bertz CT molecular complexity index is 852. The Morgan fingerprint density at radius 1 is 1.11 bits per heavy atom. The van der Waals surface area contributed by atoms with Crippen LogP contribution in [0.5, 0.6) is 0 Å². The first-order valence-corrected chi connectivity index (χ1v) is 9.24. The van der Waals surface area contributed by atoms with Crippen LogP contribution in [0.3, 0.4) is 0 Å². The van der Waals surface area contributed by atoms with Crippen molar-refractivity contribution in [3.05, 3.63) is 48.7 Å². The van der Waals surface area contributed by atoms with Crippen LogP contribution in [0.2, 0.25) is 0 Å². The third kappa shape index (κ3) is 5.69. The summed E-state index contributed by atoms with van der Waals surface area (Å²) in [7, 11) is 0. The summed E-state index contributed by atoms with van der Waals surface area (Å²) in [6.45, 7) is 8.18. The van der Waals surface area contributed by atoms with E-state index in [-0.39, 0.29) is 24.0 Å². The van der Waals surface area contributed by atoms with Crippen molar-refractivity contribution in [2.45, 2.75) is 39.9 Å². The molecule has 0 amide bonds. The minimum atomic E-state index is 0. The number of fused-ring (bicyclic) bond motifs is 1. The van der Waals surface area contributed by atoms with E-state index in [1.165, 1.54) is 10.9 Å². The maximum atomic E-state index is 4.61. The molecule has 2 N–H and O–H groups in total. The van der Waals surface area contributed by atoms with Gasteiger partial charge in [0.2, 0.25) is 0 Å². The number of nitrogens with zero attached hydrogens (tertiary/aromatic N) is 5. The molecule has 7 nitrogen and oxygen atoms in total. The third-order valence-corrected chi connectivity index (χ3v) is 4.31. The van der Waals surface area contributed by atoms with Crippen molar-refractivity contribution in [2.24, 2.45) is 4.99 Å². The minimum Gasteiger partial charge on any atom is -0.357 e. The molecule has 146 valence electrons. The van der Waals surface area contributed by atoms with Gasteiger partial charge in [-0.2, -0.15) is 0 Å². The van der Waals surface area contributed by atoms with Gasteiger partial charge in [-0.05, 0) is 37.8 Å². The highest BCUT2D eigenvalue weighted by Crippen LogP contribution is 2.15. The number of aryl methyl sites for hydroxylation is 2. The van der Waals surface area contributed by atoms with Crippen molar-refractivity contribution in [3.8, 4) is 0 Å². The van der Waals surface area contributed by atoms with Gasteiger partial charge >= 0.3 is 0 Å². The minimum absolute atomic E-state index is 0. The number of hydrogen-bond acceptors (Lipinski definition) is 3. The lowest BCUT2D eigenvalue weighted by atomic mass is 10.2. The molecule has 0 aliphatic heterocycles. The number of nitrogens with one attached hydrogen (secondary N) is 2. The molecule has 0 bridgehead atoms. The highest BCUT2D eigenvalue weighted by Gasteiger charge is 2.03. The van der Waals surface area contributed by atoms with E-state index in [0.717, 1.165) is 44.4 Å². The standard InChI is InChI=1S/C19H27N7.HI/c1-3-20-19(22-14-18-24-23-15-25(18)4-2)21-11-7-12-26-13-10-16-8-5-6-9-17(16)26;/h5-6,8-10,13,15H,3-4,7,11-12,14H2,1-2H3,(H2,20,21,22);1H. The Labute approximate surface area is 177 Å². The zero-order chi connectivity index (χ0) is 18.2. The molecule has 0 aliphatic rings. The van der Waals surface area contributed by atoms with Gasteiger partial charge in [0.25, 0.3) is 0 Å². The Balaban J connectivity index is 0.00000261. The normalized spacial score (nSPS) is 11.4. The van der Waals surface area contributed by atoms with Gasteiger partial charge in [0.1, 0.15) is 12.9 Å². The van der Waals surface area contributed by atoms with Crippen LogP contribution in [0.15, 0.2) is 47.8 Å². The van der Waals surface area contributed by atoms with Crippen LogP contribution < -0.4 is 10.6 Å². The maximum absolute atomic E-state index is 4.61. The smallest absolute Gasteiger partial charge is 0.191 e. The van der Waals surface area contributed by atoms with Gasteiger partial charge in [-0.25, -0.2) is 4.99 Å². The van der Waals surface area contributed by atoms with Gasteiger partial charge in [0.15, 0.2) is 11.8 Å². The fourth-order valence-electron chi connectivity index (χ4n) is 2.95. The summed E-state index contributed by atoms with van der Waals surface area (Å²) < 4.78 is 4.30. The van der Waals surface area contributed by atoms with Crippen LogP contribution in [-0.2, 0) is 19.6 Å². The van der Waals surface area contributed by atoms with Crippen molar-refractivity contribution in [1.82, 2.24) is 30.0 Å². The van der Waals surface area contributed by atoms with Crippen molar-refractivity contribution >= 4 is 40.8 Å². The summed E-state index contributed by atoms with van der Waals surface area (Å²) in [6.07, 6.45) is 4.92. The summed E-state index contributed by atoms with van der Waals surface area (Å²) in [6, 6.07) is 10.6. The number of aromatic nitrogens is 4. The van der Waals surface area contributed by atoms with Crippen LogP contribution in [0, 0.1) is 0 Å². The fraction of sp³-hybridized carbons (Fsp3) is 0.421. The third-order valence-electron chi connectivity index (χ3n) is 4.31. The molecule has 2 aromatic heterocycles. The number of rotatable bonds is 8. The molecule has 1 aromatic carbocycles. The second-order valence-corrected chi connectivity index (χ2v) is 6.08. The lowest BCUT2D eigenvalue weighted by molar-refractivity contribution is 0.639. The molecule has 0 unspecified atom stereocenters. The molecule has 3 rings (SSSR count). The second kappa shape index (κ2) is 10.9. The summed E-state index contributed by atoms with van der Waals surface area (Å²) >= 11 is 0. The largest absolute Gasteiger partial charge is 0.357 e. The maximum Gasteiger partial charge on any atom is 0.191 e. The zero-order valence-corrected chi connectivity index (χ0v) is 18.3. The Morgan fingerprint density at radius 3 is 2.78 bits per heavy atom. The summed E-state index contributed by atoms with van der Waals surface area (Å²) in [5.41, 5.74) is 1.28. The number of guanidine groups is 1. The lowest BCUT2D eigenvalue weighted by Gasteiger charge is -2.12. The average Bonchev–Trinajstić information content (AvgIpc) is 3.29. The van der Waals surface area contributed by atoms with Crippen LogP contribution in [-0.4, -0.2) is 38.4 Å². The van der Waals surface area contributed by atoms with Crippen LogP contribution in [0.4, 0.5) is 0 Å². The quantitative estimate of drug-likeness (QED) is 0.225. The predicted octanol–water partition coefficient (Wildman–Crippen LogP) is 3.02. The van der Waals surface area contributed by atoms with Crippen molar-refractivity contribution in [1.29, 1.82) is 0 Å². The molecule has 27 heavy (non-hydrogen) atoms. The summed E-state index contributed by atoms with van der Waals surface area (Å²) in [5.74, 6) is 1.69. The first-order valence-electron chi connectivity index (χ1n) is 9.24. The summed E-state index contributed by atoms with van der Waals surface area (Å²) in [5, 5.41) is 16.0. The Morgan fingerprint density at radius 2 is 1.96 bits per heavy atom. The second-order valence-electron chi connectivity index (χ2n) is 6.08. The molecule has 0 spiro atoms. The van der Waals surface area contributed by atoms with E-state index in [1.54, 1.807) is 6.33 Å². The zero-order valence-electron chi connectivity index (χ0n) is 15.9. The monoisotopic (exact) mass is 481 g/mol. The van der Waals surface area contributed by atoms with Gasteiger partial charge in [-0.15, -0.1) is 34.2 Å². The van der Waals surface area contributed by atoms with E-state index >= 15 is 0 Å². The number of benzene rings is 1. The van der Waals surface area contributed by atoms with Crippen LogP contribution in [0.1, 0.15) is 26.1 Å². The number of para-hydroxylation sites is 1. The number of hydrogen-bond donors (Lipinski definition) is 2. The van der Waals surface area contributed by atoms with Crippen LogP contribution >= 0.6 is 24.0 Å². The van der Waals surface area contributed by atoms with E-state index in [9.17, 15) is 0 Å². The molecule has 0 fully saturated rings. The van der Waals surface area contributed by atoms with Gasteiger partial charge in [0.05, 0.1) is 0 Å². The van der Waals surface area contributed by atoms with Gasteiger partial charge in [-0.3, -0.25) is 0 Å². The molecule has 0 aliphatic carbocycles. The highest BCUT2D eigenvalue weighted by molar-refractivity contribution is 14.0. The Hall–Kier alpha value is -2.10. The Kier molecular flexibility index (Phi) is 8.56. The van der Waals surface area contributed by atoms with E-state index in [2.05, 4.69) is 80.8 Å². The van der Waals surface area contributed by atoms with Gasteiger partial charge in [0, 0.05) is 37.9 Å². The van der Waals surface area contributed by atoms with Crippen molar-refractivity contribution < 1.29 is 0 Å². The molecule has 0 saturated heterocycles. The van der Waals surface area contributed by atoms with Gasteiger partial charge in [-0.1, -0.05) is 18.2 Å². The van der Waals surface area contributed by atoms with E-state index in [1.807, 2.05) is 4.57 Å². The number of aliphatic imine (C=N–C) groups is 1. The molecule has 3 aromatic rings. The molecular weight excluding hydrogens is 453 g/mol. The first-order chi connectivity index (χ1) is 12.8.